The highest BCUT2D eigenvalue weighted by atomic mass is 79.9. The molecule has 0 bridgehead atoms. The van der Waals surface area contributed by atoms with E-state index in [1.165, 1.54) is 24.7 Å². The second kappa shape index (κ2) is 6.71. The number of methoxy groups -OCH3 is 1. The van der Waals surface area contributed by atoms with Gasteiger partial charge in [0.1, 0.15) is 4.47 Å². The summed E-state index contributed by atoms with van der Waals surface area (Å²) < 4.78 is 5.04. The number of rotatable bonds is 5. The number of nitrogens with zero attached hydrogens (tertiary/aromatic N) is 3. The highest BCUT2D eigenvalue weighted by Gasteiger charge is 2.22. The lowest BCUT2D eigenvalue weighted by Gasteiger charge is -2.08. The minimum absolute atomic E-state index is 0.0126. The number of aryl methyl sites for hydroxylation is 1. The Morgan fingerprint density at radius 3 is 2.91 bits per heavy atom. The van der Waals surface area contributed by atoms with E-state index in [2.05, 4.69) is 31.4 Å². The van der Waals surface area contributed by atoms with Crippen LogP contribution in [0.15, 0.2) is 21.0 Å². The predicted molar refractivity (Wildman–Crippen MR) is 87.1 cm³/mol. The fourth-order valence-electron chi connectivity index (χ4n) is 1.59. The number of hydrogen-bond acceptors (Lipinski definition) is 8. The summed E-state index contributed by atoms with van der Waals surface area (Å²) in [4.78, 5) is 14.6. The zero-order valence-corrected chi connectivity index (χ0v) is 13.9. The van der Waals surface area contributed by atoms with E-state index in [9.17, 15) is 15.2 Å². The van der Waals surface area contributed by atoms with Gasteiger partial charge in [0.05, 0.1) is 35.6 Å². The van der Waals surface area contributed by atoms with Crippen molar-refractivity contribution in [3.63, 3.8) is 0 Å². The number of aromatic hydroxyl groups is 1. The van der Waals surface area contributed by atoms with Crippen LogP contribution in [-0.2, 0) is 0 Å². The van der Waals surface area contributed by atoms with Gasteiger partial charge in [-0.2, -0.15) is 5.10 Å². The van der Waals surface area contributed by atoms with E-state index >= 15 is 0 Å². The molecule has 0 radical (unpaired) electrons. The minimum Gasteiger partial charge on any atom is -0.504 e. The first kappa shape index (κ1) is 16.2. The van der Waals surface area contributed by atoms with Gasteiger partial charge in [0.15, 0.2) is 11.5 Å². The molecule has 1 heterocycles. The number of phenols is 1. The zero-order chi connectivity index (χ0) is 16.3. The molecule has 0 spiro atoms. The molecule has 8 nitrogen and oxygen atoms in total. The van der Waals surface area contributed by atoms with Crippen LogP contribution in [0.4, 0.5) is 10.8 Å². The number of thiazole rings is 1. The summed E-state index contributed by atoms with van der Waals surface area (Å²) in [5, 5.41) is 27.4. The number of hydrogen-bond donors (Lipinski definition) is 2. The maximum Gasteiger partial charge on any atom is 0.288 e. The Bertz CT molecular complexity index is 747. The van der Waals surface area contributed by atoms with Crippen LogP contribution in [0.3, 0.4) is 0 Å². The summed E-state index contributed by atoms with van der Waals surface area (Å²) in [7, 11) is 1.31. The quantitative estimate of drug-likeness (QED) is 0.463. The Labute approximate surface area is 137 Å². The number of anilines is 1. The second-order valence-corrected chi connectivity index (χ2v) is 5.75. The van der Waals surface area contributed by atoms with Crippen molar-refractivity contribution in [3.8, 4) is 11.5 Å². The highest BCUT2D eigenvalue weighted by Crippen LogP contribution is 2.40. The molecule has 22 heavy (non-hydrogen) atoms. The van der Waals surface area contributed by atoms with Gasteiger partial charge in [0.25, 0.3) is 5.69 Å². The number of nitro benzene ring substituents is 1. The van der Waals surface area contributed by atoms with Gasteiger partial charge in [-0.05, 0) is 22.9 Å². The van der Waals surface area contributed by atoms with Crippen molar-refractivity contribution in [1.29, 1.82) is 0 Å². The Morgan fingerprint density at radius 2 is 2.36 bits per heavy atom. The van der Waals surface area contributed by atoms with Gasteiger partial charge in [-0.15, -0.1) is 11.3 Å². The molecule has 0 saturated heterocycles. The monoisotopic (exact) mass is 386 g/mol. The van der Waals surface area contributed by atoms with Gasteiger partial charge in [-0.1, -0.05) is 0 Å². The second-order valence-electron chi connectivity index (χ2n) is 4.10. The van der Waals surface area contributed by atoms with Crippen molar-refractivity contribution in [2.24, 2.45) is 5.10 Å². The number of hydrazone groups is 1. The summed E-state index contributed by atoms with van der Waals surface area (Å²) in [5.74, 6) is -0.262. The Kier molecular flexibility index (Phi) is 4.93. The lowest BCUT2D eigenvalue weighted by molar-refractivity contribution is -0.385. The van der Waals surface area contributed by atoms with Gasteiger partial charge in [0, 0.05) is 5.38 Å². The van der Waals surface area contributed by atoms with Crippen molar-refractivity contribution in [1.82, 2.24) is 4.98 Å². The van der Waals surface area contributed by atoms with Gasteiger partial charge in [0.2, 0.25) is 5.13 Å². The molecule has 1 aromatic carbocycles. The zero-order valence-electron chi connectivity index (χ0n) is 11.5. The van der Waals surface area contributed by atoms with Gasteiger partial charge in [-0.3, -0.25) is 15.5 Å². The van der Waals surface area contributed by atoms with Crippen LogP contribution in [0.1, 0.15) is 11.3 Å². The predicted octanol–water partition coefficient (Wildman–Crippen LogP) is 3.28. The molecule has 2 aromatic rings. The van der Waals surface area contributed by atoms with Crippen molar-refractivity contribution >= 4 is 44.3 Å². The fraction of sp³-hybridized carbons (Fsp3) is 0.167. The molecule has 0 amide bonds. The number of nitro groups is 1. The molecule has 1 aromatic heterocycles. The van der Waals surface area contributed by atoms with Gasteiger partial charge >= 0.3 is 0 Å². The summed E-state index contributed by atoms with van der Waals surface area (Å²) in [6.45, 7) is 1.85. The molecule has 0 aliphatic heterocycles. The van der Waals surface area contributed by atoms with Crippen LogP contribution in [0.5, 0.6) is 11.5 Å². The van der Waals surface area contributed by atoms with Crippen LogP contribution in [-0.4, -0.2) is 28.3 Å². The minimum atomic E-state index is -0.582. The molecule has 2 N–H and O–H groups in total. The SMILES string of the molecule is COc1cc([N+](=O)[O-])c(Br)c(C=NNc2nc(C)cs2)c1O. The molecule has 2 rings (SSSR count). The highest BCUT2D eigenvalue weighted by molar-refractivity contribution is 9.10. The van der Waals surface area contributed by atoms with Crippen molar-refractivity contribution in [2.45, 2.75) is 6.92 Å². The third-order valence-corrected chi connectivity index (χ3v) is 4.31. The molecule has 10 heteroatoms. The molecule has 0 atom stereocenters. The van der Waals surface area contributed by atoms with Crippen molar-refractivity contribution in [3.05, 3.63) is 37.3 Å². The number of halogens is 1. The van der Waals surface area contributed by atoms with E-state index in [0.29, 0.717) is 5.13 Å². The molecule has 0 fully saturated rings. The van der Waals surface area contributed by atoms with Gasteiger partial charge < -0.3 is 9.84 Å². The van der Waals surface area contributed by atoms with E-state index in [4.69, 9.17) is 4.74 Å². The number of ether oxygens (including phenoxy) is 1. The summed E-state index contributed by atoms with van der Waals surface area (Å²) in [6, 6.07) is 1.13. The Morgan fingerprint density at radius 1 is 1.64 bits per heavy atom. The maximum absolute atomic E-state index is 11.0. The van der Waals surface area contributed by atoms with E-state index in [1.54, 1.807) is 0 Å². The number of benzene rings is 1. The lowest BCUT2D eigenvalue weighted by Crippen LogP contribution is -1.98. The Hall–Kier alpha value is -2.20. The van der Waals surface area contributed by atoms with E-state index in [1.807, 2.05) is 12.3 Å². The molecule has 0 aliphatic rings. The maximum atomic E-state index is 11.0. The standard InChI is InChI=1S/C12H11BrN4O4S/c1-6-5-22-12(15-6)16-14-4-7-10(13)8(17(19)20)3-9(21-2)11(7)18/h3-5,18H,1-2H3,(H,15,16). The van der Waals surface area contributed by atoms with Crippen LogP contribution in [0.25, 0.3) is 0 Å². The molecular formula is C12H11BrN4O4S. The van der Waals surface area contributed by atoms with Crippen LogP contribution < -0.4 is 10.2 Å². The van der Waals surface area contributed by atoms with E-state index in [-0.39, 0.29) is 27.2 Å². The number of nitrogens with one attached hydrogen (secondary N) is 1. The summed E-state index contributed by atoms with van der Waals surface area (Å²) in [6.07, 6.45) is 1.26. The van der Waals surface area contributed by atoms with E-state index < -0.39 is 4.92 Å². The average Bonchev–Trinajstić information content (AvgIpc) is 2.88. The molecular weight excluding hydrogens is 376 g/mol. The molecule has 0 aliphatic carbocycles. The number of phenolic OH excluding ortho intramolecular Hbond substituents is 1. The van der Waals surface area contributed by atoms with Crippen molar-refractivity contribution < 1.29 is 14.8 Å². The topological polar surface area (TPSA) is 110 Å². The number of aromatic nitrogens is 1. The van der Waals surface area contributed by atoms with Crippen LogP contribution in [0.2, 0.25) is 0 Å². The first-order chi connectivity index (χ1) is 10.4. The van der Waals surface area contributed by atoms with Gasteiger partial charge in [-0.25, -0.2) is 4.98 Å². The Balaban J connectivity index is 2.36. The molecule has 0 unspecified atom stereocenters. The normalized spacial score (nSPS) is 10.9. The fourth-order valence-corrected chi connectivity index (χ4v) is 2.78. The summed E-state index contributed by atoms with van der Waals surface area (Å²) >= 11 is 4.46. The first-order valence-corrected chi connectivity index (χ1v) is 7.56. The molecule has 116 valence electrons. The van der Waals surface area contributed by atoms with Crippen molar-refractivity contribution in [2.75, 3.05) is 12.5 Å². The third kappa shape index (κ3) is 3.34. The first-order valence-electron chi connectivity index (χ1n) is 5.89. The largest absolute Gasteiger partial charge is 0.504 e. The summed E-state index contributed by atoms with van der Waals surface area (Å²) in [5.41, 5.74) is 3.44. The molecule has 0 saturated carbocycles. The van der Waals surface area contributed by atoms with Crippen LogP contribution in [0, 0.1) is 17.0 Å². The lowest BCUT2D eigenvalue weighted by atomic mass is 10.1. The third-order valence-electron chi connectivity index (χ3n) is 2.61. The smallest absolute Gasteiger partial charge is 0.288 e. The van der Waals surface area contributed by atoms with Crippen LogP contribution >= 0.6 is 27.3 Å². The average molecular weight is 387 g/mol. The van der Waals surface area contributed by atoms with E-state index in [0.717, 1.165) is 11.8 Å².